The van der Waals surface area contributed by atoms with E-state index in [9.17, 15) is 4.79 Å². The smallest absolute Gasteiger partial charge is 0.150 e. The number of aldehydes is 1. The Kier molecular flexibility index (Phi) is 4.68. The van der Waals surface area contributed by atoms with Crippen molar-refractivity contribution in [2.24, 2.45) is 0 Å². The van der Waals surface area contributed by atoms with E-state index in [0.717, 1.165) is 28.3 Å². The van der Waals surface area contributed by atoms with Gasteiger partial charge >= 0.3 is 0 Å². The quantitative estimate of drug-likeness (QED) is 0.637. The van der Waals surface area contributed by atoms with Crippen molar-refractivity contribution in [1.29, 1.82) is 0 Å². The van der Waals surface area contributed by atoms with Crippen molar-refractivity contribution >= 4 is 17.6 Å². The Bertz CT molecular complexity index is 813. The maximum atomic E-state index is 10.8. The van der Waals surface area contributed by atoms with Crippen LogP contribution in [0.4, 0.5) is 0 Å². The lowest BCUT2D eigenvalue weighted by Crippen LogP contribution is -1.96. The Morgan fingerprint density at radius 3 is 2.78 bits per heavy atom. The maximum Gasteiger partial charge on any atom is 0.150 e. The van der Waals surface area contributed by atoms with E-state index in [0.29, 0.717) is 17.9 Å². The van der Waals surface area contributed by atoms with E-state index in [2.05, 4.69) is 4.98 Å². The molecule has 0 aliphatic heterocycles. The SMILES string of the molecule is COc1cccc(-c2nc(COc3cccc(C=O)c3)cs2)c1. The Hall–Kier alpha value is -2.66. The highest BCUT2D eigenvalue weighted by atomic mass is 32.1. The number of rotatable bonds is 6. The van der Waals surface area contributed by atoms with Crippen LogP contribution in [0.5, 0.6) is 11.5 Å². The molecule has 0 spiro atoms. The van der Waals surface area contributed by atoms with Crippen LogP contribution in [-0.4, -0.2) is 18.4 Å². The van der Waals surface area contributed by atoms with Crippen molar-refractivity contribution in [3.8, 4) is 22.1 Å². The molecule has 0 amide bonds. The predicted octanol–water partition coefficient (Wildman–Crippen LogP) is 4.21. The van der Waals surface area contributed by atoms with Gasteiger partial charge < -0.3 is 9.47 Å². The van der Waals surface area contributed by atoms with Crippen LogP contribution in [0, 0.1) is 0 Å². The second-order valence-corrected chi connectivity index (χ2v) is 5.71. The largest absolute Gasteiger partial charge is 0.497 e. The molecule has 4 nitrogen and oxygen atoms in total. The molecule has 0 bridgehead atoms. The van der Waals surface area contributed by atoms with Crippen molar-refractivity contribution in [2.75, 3.05) is 7.11 Å². The zero-order valence-corrected chi connectivity index (χ0v) is 13.4. The van der Waals surface area contributed by atoms with Gasteiger partial charge in [0.2, 0.25) is 0 Å². The number of hydrogen-bond acceptors (Lipinski definition) is 5. The molecule has 0 radical (unpaired) electrons. The van der Waals surface area contributed by atoms with Crippen molar-refractivity contribution < 1.29 is 14.3 Å². The molecule has 3 aromatic rings. The third-order valence-corrected chi connectivity index (χ3v) is 4.19. The summed E-state index contributed by atoms with van der Waals surface area (Å²) in [5, 5.41) is 2.89. The summed E-state index contributed by atoms with van der Waals surface area (Å²) in [6, 6.07) is 14.9. The second-order valence-electron chi connectivity index (χ2n) is 4.85. The zero-order valence-electron chi connectivity index (χ0n) is 12.6. The highest BCUT2D eigenvalue weighted by molar-refractivity contribution is 7.13. The van der Waals surface area contributed by atoms with E-state index in [-0.39, 0.29) is 0 Å². The molecule has 23 heavy (non-hydrogen) atoms. The molecule has 3 rings (SSSR count). The second kappa shape index (κ2) is 7.07. The van der Waals surface area contributed by atoms with Crippen molar-refractivity contribution in [2.45, 2.75) is 6.61 Å². The Labute approximate surface area is 138 Å². The van der Waals surface area contributed by atoms with Crippen LogP contribution in [0.15, 0.2) is 53.9 Å². The molecule has 0 fully saturated rings. The van der Waals surface area contributed by atoms with Gasteiger partial charge in [-0.15, -0.1) is 11.3 Å². The van der Waals surface area contributed by atoms with Gasteiger partial charge in [-0.1, -0.05) is 24.3 Å². The van der Waals surface area contributed by atoms with Crippen molar-refractivity contribution in [1.82, 2.24) is 4.98 Å². The molecule has 0 atom stereocenters. The number of carbonyl (C=O) groups is 1. The minimum Gasteiger partial charge on any atom is -0.497 e. The van der Waals surface area contributed by atoms with E-state index in [1.54, 1.807) is 36.6 Å². The summed E-state index contributed by atoms with van der Waals surface area (Å²) in [5.74, 6) is 1.46. The van der Waals surface area contributed by atoms with Crippen LogP contribution in [-0.2, 0) is 6.61 Å². The molecule has 0 aliphatic carbocycles. The van der Waals surface area contributed by atoms with E-state index >= 15 is 0 Å². The molecule has 0 unspecified atom stereocenters. The van der Waals surface area contributed by atoms with Crippen LogP contribution in [0.1, 0.15) is 16.1 Å². The van der Waals surface area contributed by atoms with Crippen molar-refractivity contribution in [3.05, 3.63) is 65.2 Å². The maximum absolute atomic E-state index is 10.8. The van der Waals surface area contributed by atoms with E-state index < -0.39 is 0 Å². The normalized spacial score (nSPS) is 10.3. The molecule has 5 heteroatoms. The fraction of sp³-hybridized carbons (Fsp3) is 0.111. The average Bonchev–Trinajstić information content (AvgIpc) is 3.09. The number of thiazole rings is 1. The zero-order chi connectivity index (χ0) is 16.1. The Morgan fingerprint density at radius 1 is 1.13 bits per heavy atom. The van der Waals surface area contributed by atoms with Gasteiger partial charge in [-0.05, 0) is 24.3 Å². The fourth-order valence-corrected chi connectivity index (χ4v) is 2.90. The topological polar surface area (TPSA) is 48.4 Å². The number of benzene rings is 2. The molecule has 0 saturated carbocycles. The van der Waals surface area contributed by atoms with Gasteiger partial charge in [0.25, 0.3) is 0 Å². The van der Waals surface area contributed by atoms with Crippen LogP contribution in [0.25, 0.3) is 10.6 Å². The van der Waals surface area contributed by atoms with Gasteiger partial charge in [0.15, 0.2) is 0 Å². The predicted molar refractivity (Wildman–Crippen MR) is 90.3 cm³/mol. The third kappa shape index (κ3) is 3.76. The van der Waals surface area contributed by atoms with Gasteiger partial charge in [-0.3, -0.25) is 4.79 Å². The molecule has 116 valence electrons. The first-order chi connectivity index (χ1) is 11.3. The highest BCUT2D eigenvalue weighted by Crippen LogP contribution is 2.27. The average molecular weight is 325 g/mol. The summed E-state index contributed by atoms with van der Waals surface area (Å²) in [6.45, 7) is 0.364. The molecule has 1 aromatic heterocycles. The monoisotopic (exact) mass is 325 g/mol. The summed E-state index contributed by atoms with van der Waals surface area (Å²) < 4.78 is 10.9. The van der Waals surface area contributed by atoms with Crippen molar-refractivity contribution in [3.63, 3.8) is 0 Å². The first-order valence-corrected chi connectivity index (χ1v) is 7.93. The van der Waals surface area contributed by atoms with Crippen LogP contribution in [0.2, 0.25) is 0 Å². The fourth-order valence-electron chi connectivity index (χ4n) is 2.10. The standard InChI is InChI=1S/C18H15NO3S/c1-21-16-6-3-5-14(9-16)18-19-15(12-23-18)11-22-17-7-2-4-13(8-17)10-20/h2-10,12H,11H2,1H3. The number of carbonyl (C=O) groups excluding carboxylic acids is 1. The summed E-state index contributed by atoms with van der Waals surface area (Å²) in [7, 11) is 1.65. The molecule has 0 aliphatic rings. The highest BCUT2D eigenvalue weighted by Gasteiger charge is 2.07. The van der Waals surface area contributed by atoms with Crippen LogP contribution < -0.4 is 9.47 Å². The summed E-state index contributed by atoms with van der Waals surface area (Å²) >= 11 is 1.56. The molecule has 2 aromatic carbocycles. The van der Waals surface area contributed by atoms with Gasteiger partial charge in [-0.2, -0.15) is 0 Å². The lowest BCUT2D eigenvalue weighted by atomic mass is 10.2. The van der Waals surface area contributed by atoms with Crippen LogP contribution in [0.3, 0.4) is 0 Å². The first kappa shape index (κ1) is 15.2. The summed E-state index contributed by atoms with van der Waals surface area (Å²) in [4.78, 5) is 15.4. The van der Waals surface area contributed by atoms with Gasteiger partial charge in [-0.25, -0.2) is 4.98 Å². The molecular formula is C18H15NO3S. The third-order valence-electron chi connectivity index (χ3n) is 3.25. The van der Waals surface area contributed by atoms with Gasteiger partial charge in [0, 0.05) is 16.5 Å². The number of methoxy groups -OCH3 is 1. The number of aromatic nitrogens is 1. The Balaban J connectivity index is 1.70. The van der Waals surface area contributed by atoms with E-state index in [4.69, 9.17) is 9.47 Å². The first-order valence-electron chi connectivity index (χ1n) is 7.05. The van der Waals surface area contributed by atoms with Gasteiger partial charge in [0.1, 0.15) is 29.4 Å². The van der Waals surface area contributed by atoms with Gasteiger partial charge in [0.05, 0.1) is 12.8 Å². The lowest BCUT2D eigenvalue weighted by Gasteiger charge is -2.04. The number of hydrogen-bond donors (Lipinski definition) is 0. The minimum absolute atomic E-state index is 0.364. The lowest BCUT2D eigenvalue weighted by molar-refractivity contribution is 0.112. The van der Waals surface area contributed by atoms with E-state index in [1.165, 1.54) is 0 Å². The van der Waals surface area contributed by atoms with Crippen LogP contribution >= 0.6 is 11.3 Å². The molecule has 0 N–H and O–H groups in total. The number of ether oxygens (including phenoxy) is 2. The molecule has 1 heterocycles. The number of nitrogens with zero attached hydrogens (tertiary/aromatic N) is 1. The molecule has 0 saturated heterocycles. The molecular weight excluding hydrogens is 310 g/mol. The van der Waals surface area contributed by atoms with E-state index in [1.807, 2.05) is 35.7 Å². The summed E-state index contributed by atoms with van der Waals surface area (Å²) in [5.41, 5.74) is 2.46. The Morgan fingerprint density at radius 2 is 1.96 bits per heavy atom. The minimum atomic E-state index is 0.364. The summed E-state index contributed by atoms with van der Waals surface area (Å²) in [6.07, 6.45) is 0.802.